The van der Waals surface area contributed by atoms with Crippen LogP contribution in [0.1, 0.15) is 12.5 Å². The molecule has 0 saturated heterocycles. The summed E-state index contributed by atoms with van der Waals surface area (Å²) in [5.74, 6) is -0.352. The van der Waals surface area contributed by atoms with E-state index < -0.39 is 6.10 Å². The van der Waals surface area contributed by atoms with Gasteiger partial charge in [0.1, 0.15) is 0 Å². The number of benzene rings is 2. The molecule has 0 aromatic heterocycles. The van der Waals surface area contributed by atoms with Crippen molar-refractivity contribution in [2.45, 2.75) is 13.0 Å². The Labute approximate surface area is 138 Å². The summed E-state index contributed by atoms with van der Waals surface area (Å²) in [5, 5.41) is 7.32. The molecule has 0 unspecified atom stereocenters. The molecule has 0 aliphatic rings. The van der Waals surface area contributed by atoms with E-state index >= 15 is 0 Å². The highest BCUT2D eigenvalue weighted by Gasteiger charge is 2.15. The molecule has 1 N–H and O–H groups in total. The third-order valence-electron chi connectivity index (χ3n) is 2.78. The largest absolute Gasteiger partial charge is 0.383 e. The van der Waals surface area contributed by atoms with Gasteiger partial charge in [0, 0.05) is 5.02 Å². The zero-order valence-corrected chi connectivity index (χ0v) is 13.3. The molecule has 0 aliphatic heterocycles. The molecule has 6 heteroatoms. The summed E-state index contributed by atoms with van der Waals surface area (Å²) in [6.07, 6.45) is 0.783. The maximum Gasteiger partial charge on any atom is 0.268 e. The van der Waals surface area contributed by atoms with E-state index in [2.05, 4.69) is 10.5 Å². The number of hydrogen-bond acceptors (Lipinski definition) is 3. The van der Waals surface area contributed by atoms with Gasteiger partial charge in [0.25, 0.3) is 5.91 Å². The van der Waals surface area contributed by atoms with Crippen LogP contribution >= 0.6 is 23.2 Å². The van der Waals surface area contributed by atoms with Gasteiger partial charge in [-0.1, -0.05) is 58.7 Å². The number of amides is 1. The first kappa shape index (κ1) is 16.3. The molecule has 22 heavy (non-hydrogen) atoms. The highest BCUT2D eigenvalue weighted by atomic mass is 35.5. The molecule has 0 radical (unpaired) electrons. The summed E-state index contributed by atoms with van der Waals surface area (Å²) in [7, 11) is 0. The third kappa shape index (κ3) is 4.76. The molecular formula is C16H14Cl2N2O2. The lowest BCUT2D eigenvalue weighted by molar-refractivity contribution is -0.126. The number of oxime groups is 1. The van der Waals surface area contributed by atoms with Crippen LogP contribution in [0.15, 0.2) is 53.7 Å². The van der Waals surface area contributed by atoms with Gasteiger partial charge in [-0.2, -0.15) is 0 Å². The molecule has 0 heterocycles. The quantitative estimate of drug-likeness (QED) is 0.651. The molecule has 0 saturated carbocycles. The summed E-state index contributed by atoms with van der Waals surface area (Å²) in [5.41, 5.74) is 1.36. The van der Waals surface area contributed by atoms with Crippen LogP contribution in [-0.2, 0) is 9.63 Å². The fourth-order valence-corrected chi connectivity index (χ4v) is 2.05. The first-order valence-electron chi connectivity index (χ1n) is 6.56. The molecule has 0 fully saturated rings. The van der Waals surface area contributed by atoms with Crippen molar-refractivity contribution in [2.75, 3.05) is 5.32 Å². The third-order valence-corrected chi connectivity index (χ3v) is 3.33. The van der Waals surface area contributed by atoms with Crippen molar-refractivity contribution in [1.29, 1.82) is 0 Å². The minimum Gasteiger partial charge on any atom is -0.383 e. The Morgan fingerprint density at radius 3 is 2.64 bits per heavy atom. The molecule has 0 bridgehead atoms. The maximum atomic E-state index is 12.0. The van der Waals surface area contributed by atoms with Crippen LogP contribution in [0.5, 0.6) is 0 Å². The van der Waals surface area contributed by atoms with Crippen molar-refractivity contribution in [2.24, 2.45) is 5.16 Å². The van der Waals surface area contributed by atoms with Crippen LogP contribution in [0, 0.1) is 0 Å². The van der Waals surface area contributed by atoms with E-state index in [9.17, 15) is 4.79 Å². The van der Waals surface area contributed by atoms with E-state index in [0.717, 1.165) is 5.56 Å². The maximum absolute atomic E-state index is 12.0. The topological polar surface area (TPSA) is 50.7 Å². The smallest absolute Gasteiger partial charge is 0.268 e. The van der Waals surface area contributed by atoms with Crippen LogP contribution in [0.3, 0.4) is 0 Å². The van der Waals surface area contributed by atoms with Gasteiger partial charge >= 0.3 is 0 Å². The van der Waals surface area contributed by atoms with E-state index in [4.69, 9.17) is 28.0 Å². The SMILES string of the molecule is C[C@H](O/N=C\c1ccccc1)C(=O)Nc1ccc(Cl)cc1Cl. The summed E-state index contributed by atoms with van der Waals surface area (Å²) in [4.78, 5) is 17.1. The summed E-state index contributed by atoms with van der Waals surface area (Å²) < 4.78 is 0. The van der Waals surface area contributed by atoms with E-state index in [1.807, 2.05) is 30.3 Å². The Morgan fingerprint density at radius 1 is 1.23 bits per heavy atom. The molecule has 0 aliphatic carbocycles. The Bertz CT molecular complexity index is 675. The first-order chi connectivity index (χ1) is 10.6. The number of nitrogens with one attached hydrogen (secondary N) is 1. The van der Waals surface area contributed by atoms with Gasteiger partial charge in [0.05, 0.1) is 16.9 Å². The van der Waals surface area contributed by atoms with Crippen LogP contribution in [0.2, 0.25) is 10.0 Å². The molecule has 1 atom stereocenters. The van der Waals surface area contributed by atoms with Gasteiger partial charge in [-0.25, -0.2) is 0 Å². The molecule has 2 rings (SSSR count). The predicted octanol–water partition coefficient (Wildman–Crippen LogP) is 4.37. The fourth-order valence-electron chi connectivity index (χ4n) is 1.59. The minimum absolute atomic E-state index is 0.352. The zero-order valence-electron chi connectivity index (χ0n) is 11.8. The molecule has 4 nitrogen and oxygen atoms in total. The van der Waals surface area contributed by atoms with Gasteiger partial charge in [-0.05, 0) is 30.7 Å². The second-order valence-corrected chi connectivity index (χ2v) is 5.35. The van der Waals surface area contributed by atoms with Crippen molar-refractivity contribution in [3.63, 3.8) is 0 Å². The number of carbonyl (C=O) groups excluding carboxylic acids is 1. The van der Waals surface area contributed by atoms with E-state index in [1.54, 1.807) is 31.3 Å². The van der Waals surface area contributed by atoms with Crippen LogP contribution in [-0.4, -0.2) is 18.2 Å². The lowest BCUT2D eigenvalue weighted by Gasteiger charge is -2.11. The van der Waals surface area contributed by atoms with Crippen LogP contribution < -0.4 is 5.32 Å². The van der Waals surface area contributed by atoms with Crippen molar-refractivity contribution < 1.29 is 9.63 Å². The van der Waals surface area contributed by atoms with Crippen LogP contribution in [0.25, 0.3) is 0 Å². The molecule has 114 valence electrons. The highest BCUT2D eigenvalue weighted by Crippen LogP contribution is 2.25. The standard InChI is InChI=1S/C16H14Cl2N2O2/c1-11(22-19-10-12-5-3-2-4-6-12)16(21)20-15-8-7-13(17)9-14(15)18/h2-11H,1H3,(H,20,21)/b19-10-/t11-/m0/s1. The summed E-state index contributed by atoms with van der Waals surface area (Å²) in [6.45, 7) is 1.60. The number of nitrogens with zero attached hydrogens (tertiary/aromatic N) is 1. The van der Waals surface area contributed by atoms with Crippen LogP contribution in [0.4, 0.5) is 5.69 Å². The van der Waals surface area contributed by atoms with Crippen molar-refractivity contribution >= 4 is 41.0 Å². The van der Waals surface area contributed by atoms with E-state index in [0.29, 0.717) is 15.7 Å². The Balaban J connectivity index is 1.91. The number of anilines is 1. The molecule has 2 aromatic carbocycles. The second-order valence-electron chi connectivity index (χ2n) is 4.51. The summed E-state index contributed by atoms with van der Waals surface area (Å²) >= 11 is 11.8. The van der Waals surface area contributed by atoms with Crippen molar-refractivity contribution in [1.82, 2.24) is 0 Å². The molecule has 0 spiro atoms. The van der Waals surface area contributed by atoms with Gasteiger partial charge in [0.2, 0.25) is 6.10 Å². The van der Waals surface area contributed by atoms with Crippen molar-refractivity contribution in [3.8, 4) is 0 Å². The number of hydrogen-bond donors (Lipinski definition) is 1. The fraction of sp³-hybridized carbons (Fsp3) is 0.125. The lowest BCUT2D eigenvalue weighted by Crippen LogP contribution is -2.26. The minimum atomic E-state index is -0.758. The van der Waals surface area contributed by atoms with Gasteiger partial charge in [-0.15, -0.1) is 0 Å². The molecular weight excluding hydrogens is 323 g/mol. The number of carbonyl (C=O) groups is 1. The average molecular weight is 337 g/mol. The van der Waals surface area contributed by atoms with E-state index in [1.165, 1.54) is 0 Å². The molecule has 2 aromatic rings. The predicted molar refractivity (Wildman–Crippen MR) is 89.7 cm³/mol. The lowest BCUT2D eigenvalue weighted by atomic mass is 10.2. The summed E-state index contributed by atoms with van der Waals surface area (Å²) in [6, 6.07) is 14.3. The highest BCUT2D eigenvalue weighted by molar-refractivity contribution is 6.36. The number of halogens is 2. The Morgan fingerprint density at radius 2 is 1.95 bits per heavy atom. The second kappa shape index (κ2) is 7.82. The van der Waals surface area contributed by atoms with Gasteiger partial charge < -0.3 is 10.2 Å². The first-order valence-corrected chi connectivity index (χ1v) is 7.32. The van der Waals surface area contributed by atoms with Gasteiger partial charge in [-0.3, -0.25) is 4.79 Å². The Hall–Kier alpha value is -2.04. The Kier molecular flexibility index (Phi) is 5.81. The van der Waals surface area contributed by atoms with E-state index in [-0.39, 0.29) is 5.91 Å². The monoisotopic (exact) mass is 336 g/mol. The zero-order chi connectivity index (χ0) is 15.9. The van der Waals surface area contributed by atoms with Gasteiger partial charge in [0.15, 0.2) is 0 Å². The normalized spacial score (nSPS) is 12.1. The number of rotatable bonds is 5. The average Bonchev–Trinajstić information content (AvgIpc) is 2.51. The van der Waals surface area contributed by atoms with Crippen molar-refractivity contribution in [3.05, 3.63) is 64.1 Å². The molecule has 1 amide bonds.